The molecule has 0 aliphatic heterocycles. The molecule has 0 aromatic heterocycles. The molecule has 1 aliphatic rings. The smallest absolute Gasteiger partial charge is 0.434 e. The predicted octanol–water partition coefficient (Wildman–Crippen LogP) is 3.09. The van der Waals surface area contributed by atoms with Gasteiger partial charge in [-0.05, 0) is 46.1 Å². The van der Waals surface area contributed by atoms with Gasteiger partial charge in [-0.2, -0.15) is 13.4 Å². The number of nitrogens with zero attached hydrogens (tertiary/aromatic N) is 2. The van der Waals surface area contributed by atoms with Gasteiger partial charge in [0.25, 0.3) is 10.0 Å². The highest BCUT2D eigenvalue weighted by Crippen LogP contribution is 2.18. The minimum atomic E-state index is -3.94. The summed E-state index contributed by atoms with van der Waals surface area (Å²) in [5, 5.41) is 0. The van der Waals surface area contributed by atoms with E-state index in [1.807, 2.05) is 13.8 Å². The van der Waals surface area contributed by atoms with Gasteiger partial charge in [-0.25, -0.2) is 10.2 Å². The fraction of sp³-hybridized carbons (Fsp3) is 0.611. The largest absolute Gasteiger partial charge is 0.442 e. The van der Waals surface area contributed by atoms with Crippen LogP contribution in [0.1, 0.15) is 53.9 Å². The fourth-order valence-electron chi connectivity index (χ4n) is 2.18. The van der Waals surface area contributed by atoms with Gasteiger partial charge < -0.3 is 10.2 Å². The van der Waals surface area contributed by atoms with Gasteiger partial charge in [-0.3, -0.25) is 0 Å². The van der Waals surface area contributed by atoms with Crippen LogP contribution in [0.5, 0.6) is 0 Å². The van der Waals surface area contributed by atoms with E-state index in [0.29, 0.717) is 12.8 Å². The zero-order valence-corrected chi connectivity index (χ0v) is 17.7. The van der Waals surface area contributed by atoms with Crippen LogP contribution in [0.2, 0.25) is 0 Å². The summed E-state index contributed by atoms with van der Waals surface area (Å²) in [7, 11) is -2.36. The molecular formula is C18H30N4O4S. The lowest BCUT2D eigenvalue weighted by atomic mass is 10.0. The number of hydrazine groups is 1. The van der Waals surface area contributed by atoms with Crippen LogP contribution < -0.4 is 10.9 Å². The van der Waals surface area contributed by atoms with Crippen LogP contribution in [0.25, 0.3) is 0 Å². The van der Waals surface area contributed by atoms with Crippen molar-refractivity contribution in [1.29, 1.82) is 0 Å². The van der Waals surface area contributed by atoms with Crippen molar-refractivity contribution in [2.45, 2.75) is 59.5 Å². The monoisotopic (exact) mass is 398 g/mol. The quantitative estimate of drug-likeness (QED) is 0.404. The van der Waals surface area contributed by atoms with Gasteiger partial charge >= 0.3 is 6.09 Å². The minimum absolute atomic E-state index is 0.0300. The number of amides is 1. The Morgan fingerprint density at radius 1 is 1.33 bits per heavy atom. The second kappa shape index (κ2) is 9.80. The van der Waals surface area contributed by atoms with E-state index in [2.05, 4.69) is 20.2 Å². The molecule has 0 heterocycles. The Bertz CT molecular complexity index is 759. The van der Waals surface area contributed by atoms with Crippen molar-refractivity contribution in [2.24, 2.45) is 15.3 Å². The highest BCUT2D eigenvalue weighted by atomic mass is 32.2. The molecular weight excluding hydrogens is 368 g/mol. The maximum absolute atomic E-state index is 12.7. The van der Waals surface area contributed by atoms with Crippen molar-refractivity contribution < 1.29 is 17.9 Å². The van der Waals surface area contributed by atoms with E-state index in [1.54, 1.807) is 40.0 Å². The van der Waals surface area contributed by atoms with Crippen LogP contribution in [0.3, 0.4) is 0 Å². The van der Waals surface area contributed by atoms with Crippen molar-refractivity contribution >= 4 is 27.7 Å². The molecule has 27 heavy (non-hydrogen) atoms. The molecule has 1 rings (SSSR count). The Morgan fingerprint density at radius 3 is 2.48 bits per heavy atom. The Balaban J connectivity index is 3.37. The van der Waals surface area contributed by atoms with E-state index in [-0.39, 0.29) is 22.4 Å². The molecule has 9 heteroatoms. The molecule has 2 N–H and O–H groups in total. The summed E-state index contributed by atoms with van der Waals surface area (Å²) in [6, 6.07) is 0. The molecule has 1 aliphatic carbocycles. The highest BCUT2D eigenvalue weighted by molar-refractivity contribution is 7.94. The first-order chi connectivity index (χ1) is 12.5. The normalized spacial score (nSPS) is 17.3. The lowest BCUT2D eigenvalue weighted by Gasteiger charge is -2.20. The van der Waals surface area contributed by atoms with Gasteiger partial charge in [0.05, 0.1) is 10.6 Å². The van der Waals surface area contributed by atoms with Crippen LogP contribution in [-0.4, -0.2) is 38.7 Å². The van der Waals surface area contributed by atoms with Gasteiger partial charge in [-0.1, -0.05) is 26.0 Å². The third-order valence-electron chi connectivity index (χ3n) is 3.64. The second-order valence-corrected chi connectivity index (χ2v) is 8.77. The number of rotatable bonds is 6. The molecule has 0 radical (unpaired) electrons. The number of amidine groups is 1. The molecule has 1 amide bonds. The molecule has 1 unspecified atom stereocenters. The van der Waals surface area contributed by atoms with E-state index < -0.39 is 21.7 Å². The topological polar surface area (TPSA) is 109 Å². The van der Waals surface area contributed by atoms with E-state index in [9.17, 15) is 13.2 Å². The number of carbonyl (C=O) groups is 1. The average Bonchev–Trinajstić information content (AvgIpc) is 2.58. The average molecular weight is 399 g/mol. The Morgan fingerprint density at radius 2 is 2.00 bits per heavy atom. The summed E-state index contributed by atoms with van der Waals surface area (Å²) in [5.74, 6) is -0.249. The van der Waals surface area contributed by atoms with E-state index in [0.717, 1.165) is 6.42 Å². The molecule has 0 saturated heterocycles. The van der Waals surface area contributed by atoms with E-state index in [4.69, 9.17) is 4.74 Å². The summed E-state index contributed by atoms with van der Waals surface area (Å²) in [6.45, 7) is 8.94. The third-order valence-corrected chi connectivity index (χ3v) is 4.96. The first-order valence-electron chi connectivity index (χ1n) is 8.96. The predicted molar refractivity (Wildman–Crippen MR) is 108 cm³/mol. The summed E-state index contributed by atoms with van der Waals surface area (Å²) in [5.41, 5.74) is 4.85. The third kappa shape index (κ3) is 7.64. The van der Waals surface area contributed by atoms with E-state index in [1.165, 1.54) is 6.08 Å². The zero-order chi connectivity index (χ0) is 20.7. The fourth-order valence-corrected chi connectivity index (χ4v) is 3.26. The molecule has 1 atom stereocenters. The number of hydrogen-bond donors (Lipinski definition) is 2. The molecule has 0 fully saturated rings. The van der Waals surface area contributed by atoms with Crippen LogP contribution in [-0.2, 0) is 14.8 Å². The lowest BCUT2D eigenvalue weighted by molar-refractivity contribution is 0.0603. The van der Waals surface area contributed by atoms with Gasteiger partial charge in [-0.15, -0.1) is 4.40 Å². The van der Waals surface area contributed by atoms with Crippen molar-refractivity contribution in [1.82, 2.24) is 10.9 Å². The number of aliphatic imine (C=N–C) groups is 1. The van der Waals surface area contributed by atoms with Crippen LogP contribution >= 0.6 is 0 Å². The second-order valence-electron chi connectivity index (χ2n) is 7.16. The molecule has 0 aromatic rings. The Kier molecular flexibility index (Phi) is 8.36. The Hall–Kier alpha value is -2.00. The number of allylic oxidation sites excluding steroid dienone is 3. The molecule has 0 spiro atoms. The maximum atomic E-state index is 12.7. The van der Waals surface area contributed by atoms with Crippen molar-refractivity contribution in [3.8, 4) is 0 Å². The number of sulfonamides is 1. The Labute approximate surface area is 161 Å². The lowest BCUT2D eigenvalue weighted by Crippen LogP contribution is -2.43. The van der Waals surface area contributed by atoms with Gasteiger partial charge in [0.15, 0.2) is 5.84 Å². The molecule has 8 nitrogen and oxygen atoms in total. The number of carbonyl (C=O) groups excluding carboxylic acids is 1. The number of nitrogens with one attached hydrogen (secondary N) is 2. The maximum Gasteiger partial charge on any atom is 0.434 e. The van der Waals surface area contributed by atoms with Gasteiger partial charge in [0.1, 0.15) is 5.60 Å². The first kappa shape index (κ1) is 23.0. The SMILES string of the molecule is CCC(C)C(=NC(=O)OC(C)(C)C)C(=NS(=O)(=O)C1=CCCC=C1)NNC. The van der Waals surface area contributed by atoms with E-state index >= 15 is 0 Å². The van der Waals surface area contributed by atoms with Crippen molar-refractivity contribution in [3.05, 3.63) is 23.1 Å². The number of hydrogen-bond acceptors (Lipinski definition) is 5. The zero-order valence-electron chi connectivity index (χ0n) is 16.9. The van der Waals surface area contributed by atoms with Gasteiger partial charge in [0.2, 0.25) is 0 Å². The summed E-state index contributed by atoms with van der Waals surface area (Å²) in [4.78, 5) is 16.3. The minimum Gasteiger partial charge on any atom is -0.442 e. The first-order valence-corrected chi connectivity index (χ1v) is 10.4. The molecule has 0 aromatic carbocycles. The van der Waals surface area contributed by atoms with Crippen LogP contribution in [0.4, 0.5) is 4.79 Å². The van der Waals surface area contributed by atoms with Crippen molar-refractivity contribution in [2.75, 3.05) is 7.05 Å². The van der Waals surface area contributed by atoms with Crippen LogP contribution in [0.15, 0.2) is 32.5 Å². The number of ether oxygens (including phenoxy) is 1. The summed E-state index contributed by atoms with van der Waals surface area (Å²) >= 11 is 0. The van der Waals surface area contributed by atoms with Crippen molar-refractivity contribution in [3.63, 3.8) is 0 Å². The summed E-state index contributed by atoms with van der Waals surface area (Å²) < 4.78 is 34.4. The van der Waals surface area contributed by atoms with Gasteiger partial charge in [0, 0.05) is 13.0 Å². The highest BCUT2D eigenvalue weighted by Gasteiger charge is 2.24. The van der Waals surface area contributed by atoms with Crippen LogP contribution in [0, 0.1) is 5.92 Å². The molecule has 0 bridgehead atoms. The molecule has 152 valence electrons. The summed E-state index contributed by atoms with van der Waals surface area (Å²) in [6.07, 6.45) is 6.23. The standard InChI is InChI=1S/C18H30N4O4S/c1-7-13(2)15(20-17(23)26-18(3,4)5)16(21-19-6)22-27(24,25)14-11-9-8-10-12-14/h9,11-13,19H,7-8,10H2,1-6H3,(H,21,22). The molecule has 0 saturated carbocycles.